The van der Waals surface area contributed by atoms with Crippen molar-refractivity contribution in [3.05, 3.63) is 41.3 Å². The van der Waals surface area contributed by atoms with Crippen molar-refractivity contribution in [2.45, 2.75) is 13.5 Å². The summed E-state index contributed by atoms with van der Waals surface area (Å²) in [6.45, 7) is 1.82. The summed E-state index contributed by atoms with van der Waals surface area (Å²) in [6.07, 6.45) is 0. The molecule has 0 unspecified atom stereocenters. The molecule has 0 aliphatic rings. The zero-order chi connectivity index (χ0) is 14.5. The Balaban J connectivity index is 2.08. The van der Waals surface area contributed by atoms with Crippen LogP contribution in [0.2, 0.25) is 0 Å². The molecule has 0 radical (unpaired) electrons. The van der Waals surface area contributed by atoms with Crippen LogP contribution < -0.4 is 9.47 Å². The van der Waals surface area contributed by atoms with E-state index in [4.69, 9.17) is 18.7 Å². The molecule has 0 aliphatic carbocycles. The van der Waals surface area contributed by atoms with Crippen LogP contribution in [0.15, 0.2) is 28.8 Å². The number of nitrogens with zero attached hydrogens (tertiary/aromatic N) is 1. The van der Waals surface area contributed by atoms with Gasteiger partial charge in [0.25, 0.3) is 0 Å². The molecule has 1 heterocycles. The molecular weight excluding hydrogens is 262 g/mol. The zero-order valence-corrected chi connectivity index (χ0v) is 11.5. The predicted molar refractivity (Wildman–Crippen MR) is 69.9 cm³/mol. The van der Waals surface area contributed by atoms with E-state index in [0.29, 0.717) is 22.8 Å². The van der Waals surface area contributed by atoms with E-state index in [-0.39, 0.29) is 6.61 Å². The number of hydrogen-bond acceptors (Lipinski definition) is 6. The SMILES string of the molecule is COc1ccc(C(=O)OCc2cc(C)no2)c(OC)c1. The van der Waals surface area contributed by atoms with Crippen molar-refractivity contribution in [2.24, 2.45) is 0 Å². The second kappa shape index (κ2) is 6.10. The molecule has 6 nitrogen and oxygen atoms in total. The van der Waals surface area contributed by atoms with E-state index >= 15 is 0 Å². The lowest BCUT2D eigenvalue weighted by atomic mass is 10.2. The third-order valence-electron chi connectivity index (χ3n) is 2.65. The summed E-state index contributed by atoms with van der Waals surface area (Å²) < 4.78 is 20.3. The Morgan fingerprint density at radius 3 is 2.65 bits per heavy atom. The Morgan fingerprint density at radius 1 is 1.25 bits per heavy atom. The molecule has 0 saturated heterocycles. The smallest absolute Gasteiger partial charge is 0.342 e. The molecular formula is C14H15NO5. The highest BCUT2D eigenvalue weighted by molar-refractivity contribution is 5.92. The largest absolute Gasteiger partial charge is 0.497 e. The van der Waals surface area contributed by atoms with Crippen LogP contribution in [0.25, 0.3) is 0 Å². The van der Waals surface area contributed by atoms with Gasteiger partial charge in [0.15, 0.2) is 12.4 Å². The van der Waals surface area contributed by atoms with Crippen LogP contribution in [-0.4, -0.2) is 25.3 Å². The second-order valence-electron chi connectivity index (χ2n) is 4.08. The maximum Gasteiger partial charge on any atom is 0.342 e. The lowest BCUT2D eigenvalue weighted by molar-refractivity contribution is 0.0433. The lowest BCUT2D eigenvalue weighted by Gasteiger charge is -2.09. The minimum Gasteiger partial charge on any atom is -0.497 e. The molecule has 0 amide bonds. The zero-order valence-electron chi connectivity index (χ0n) is 11.5. The van der Waals surface area contributed by atoms with Gasteiger partial charge in [0.2, 0.25) is 0 Å². The Labute approximate surface area is 116 Å². The number of esters is 1. The third kappa shape index (κ3) is 3.09. The first kappa shape index (κ1) is 13.9. The van der Waals surface area contributed by atoms with Gasteiger partial charge in [-0.05, 0) is 19.1 Å². The number of hydrogen-bond donors (Lipinski definition) is 0. The van der Waals surface area contributed by atoms with Crippen molar-refractivity contribution in [3.63, 3.8) is 0 Å². The Kier molecular flexibility index (Phi) is 4.24. The molecule has 0 atom stereocenters. The molecule has 6 heteroatoms. The summed E-state index contributed by atoms with van der Waals surface area (Å²) in [5, 5.41) is 3.72. The van der Waals surface area contributed by atoms with Crippen LogP contribution in [0.3, 0.4) is 0 Å². The number of rotatable bonds is 5. The van der Waals surface area contributed by atoms with Crippen LogP contribution in [-0.2, 0) is 11.3 Å². The molecule has 0 N–H and O–H groups in total. The number of methoxy groups -OCH3 is 2. The van der Waals surface area contributed by atoms with Crippen LogP contribution in [0.4, 0.5) is 0 Å². The number of carbonyl (C=O) groups is 1. The molecule has 2 aromatic rings. The van der Waals surface area contributed by atoms with Crippen LogP contribution in [0, 0.1) is 6.92 Å². The Morgan fingerprint density at radius 2 is 2.05 bits per heavy atom. The molecule has 0 saturated carbocycles. The number of ether oxygens (including phenoxy) is 3. The van der Waals surface area contributed by atoms with Crippen molar-refractivity contribution < 1.29 is 23.5 Å². The first-order chi connectivity index (χ1) is 9.63. The predicted octanol–water partition coefficient (Wildman–Crippen LogP) is 2.36. The highest BCUT2D eigenvalue weighted by Gasteiger charge is 2.15. The van der Waals surface area contributed by atoms with E-state index in [2.05, 4.69) is 5.16 Å². The minimum atomic E-state index is -0.501. The van der Waals surface area contributed by atoms with E-state index in [0.717, 1.165) is 5.69 Å². The normalized spacial score (nSPS) is 10.2. The van der Waals surface area contributed by atoms with Crippen molar-refractivity contribution in [1.29, 1.82) is 0 Å². The van der Waals surface area contributed by atoms with Crippen LogP contribution in [0.1, 0.15) is 21.8 Å². The fourth-order valence-electron chi connectivity index (χ4n) is 1.67. The summed E-state index contributed by atoms with van der Waals surface area (Å²) in [4.78, 5) is 12.0. The molecule has 0 aliphatic heterocycles. The topological polar surface area (TPSA) is 70.8 Å². The van der Waals surface area contributed by atoms with Crippen molar-refractivity contribution >= 4 is 5.97 Å². The fraction of sp³-hybridized carbons (Fsp3) is 0.286. The van der Waals surface area contributed by atoms with Gasteiger partial charge in [-0.3, -0.25) is 0 Å². The molecule has 1 aromatic heterocycles. The van der Waals surface area contributed by atoms with Gasteiger partial charge in [0, 0.05) is 12.1 Å². The van der Waals surface area contributed by atoms with Gasteiger partial charge in [-0.2, -0.15) is 0 Å². The number of aromatic nitrogens is 1. The van der Waals surface area contributed by atoms with E-state index in [1.165, 1.54) is 7.11 Å². The number of carbonyl (C=O) groups excluding carboxylic acids is 1. The third-order valence-corrected chi connectivity index (χ3v) is 2.65. The van der Waals surface area contributed by atoms with Crippen molar-refractivity contribution in [2.75, 3.05) is 14.2 Å². The van der Waals surface area contributed by atoms with Crippen LogP contribution in [0.5, 0.6) is 11.5 Å². The first-order valence-corrected chi connectivity index (χ1v) is 5.95. The van der Waals surface area contributed by atoms with E-state index < -0.39 is 5.97 Å². The Bertz CT molecular complexity index is 605. The minimum absolute atomic E-state index is 0.0227. The maximum atomic E-state index is 12.0. The quantitative estimate of drug-likeness (QED) is 0.781. The standard InChI is InChI=1S/C14H15NO5/c1-9-6-11(20-15-9)8-19-14(16)12-5-4-10(17-2)7-13(12)18-3/h4-7H,8H2,1-3H3. The maximum absolute atomic E-state index is 12.0. The monoisotopic (exact) mass is 277 g/mol. The Hall–Kier alpha value is -2.50. The van der Waals surface area contributed by atoms with Crippen molar-refractivity contribution in [1.82, 2.24) is 5.16 Å². The van der Waals surface area contributed by atoms with Crippen molar-refractivity contribution in [3.8, 4) is 11.5 Å². The van der Waals surface area contributed by atoms with E-state index in [1.54, 1.807) is 38.3 Å². The van der Waals surface area contributed by atoms with Gasteiger partial charge >= 0.3 is 5.97 Å². The first-order valence-electron chi connectivity index (χ1n) is 5.95. The molecule has 0 fully saturated rings. The van der Waals surface area contributed by atoms with Gasteiger partial charge in [0.1, 0.15) is 17.1 Å². The molecule has 2 rings (SSSR count). The van der Waals surface area contributed by atoms with Gasteiger partial charge in [0.05, 0.1) is 19.9 Å². The van der Waals surface area contributed by atoms with Gasteiger partial charge in [-0.25, -0.2) is 4.79 Å². The average molecular weight is 277 g/mol. The highest BCUT2D eigenvalue weighted by atomic mass is 16.6. The molecule has 0 spiro atoms. The summed E-state index contributed by atoms with van der Waals surface area (Å²) in [5.74, 6) is 0.981. The average Bonchev–Trinajstić information content (AvgIpc) is 2.89. The summed E-state index contributed by atoms with van der Waals surface area (Å²) in [5.41, 5.74) is 1.06. The highest BCUT2D eigenvalue weighted by Crippen LogP contribution is 2.25. The van der Waals surface area contributed by atoms with Gasteiger partial charge in [-0.15, -0.1) is 0 Å². The van der Waals surface area contributed by atoms with Gasteiger partial charge in [-0.1, -0.05) is 5.16 Å². The number of benzene rings is 1. The molecule has 106 valence electrons. The lowest BCUT2D eigenvalue weighted by Crippen LogP contribution is -2.07. The molecule has 1 aromatic carbocycles. The molecule has 0 bridgehead atoms. The number of aryl methyl sites for hydroxylation is 1. The summed E-state index contributed by atoms with van der Waals surface area (Å²) in [6, 6.07) is 6.58. The fourth-order valence-corrected chi connectivity index (χ4v) is 1.67. The summed E-state index contributed by atoms with van der Waals surface area (Å²) in [7, 11) is 3.02. The summed E-state index contributed by atoms with van der Waals surface area (Å²) >= 11 is 0. The van der Waals surface area contributed by atoms with E-state index in [9.17, 15) is 4.79 Å². The van der Waals surface area contributed by atoms with Crippen LogP contribution >= 0.6 is 0 Å². The van der Waals surface area contributed by atoms with E-state index in [1.807, 2.05) is 0 Å². The molecule has 20 heavy (non-hydrogen) atoms. The second-order valence-corrected chi connectivity index (χ2v) is 4.08. The van der Waals surface area contributed by atoms with Gasteiger partial charge < -0.3 is 18.7 Å².